The van der Waals surface area contributed by atoms with Crippen molar-refractivity contribution in [2.75, 3.05) is 5.32 Å². The minimum Gasteiger partial charge on any atom is -0.378 e. The summed E-state index contributed by atoms with van der Waals surface area (Å²) < 4.78 is 1.06. The van der Waals surface area contributed by atoms with Crippen molar-refractivity contribution in [2.45, 2.75) is 13.0 Å². The summed E-state index contributed by atoms with van der Waals surface area (Å²) in [6.45, 7) is 2.08. The van der Waals surface area contributed by atoms with E-state index in [-0.39, 0.29) is 6.04 Å². The second-order valence-electron chi connectivity index (χ2n) is 4.19. The molecule has 0 spiro atoms. The van der Waals surface area contributed by atoms with Crippen LogP contribution in [-0.2, 0) is 0 Å². The molecule has 0 aliphatic heterocycles. The minimum absolute atomic E-state index is 0.138. The molecule has 0 heterocycles. The van der Waals surface area contributed by atoms with Crippen molar-refractivity contribution in [1.29, 1.82) is 5.26 Å². The molecule has 19 heavy (non-hydrogen) atoms. The maximum Gasteiger partial charge on any atom is 0.101 e. The molecule has 2 nitrogen and oxygen atoms in total. The smallest absolute Gasteiger partial charge is 0.101 e. The maximum absolute atomic E-state index is 8.84. The lowest BCUT2D eigenvalue weighted by molar-refractivity contribution is 0.879. The van der Waals surface area contributed by atoms with Gasteiger partial charge in [0, 0.05) is 16.2 Å². The standard InChI is InChI=1S/C15H12BrClN2/c1-10(13-4-2-3-5-14(13)16)19-12-7-6-11(9-18)15(17)8-12/h2-8,10,19H,1H3. The number of hydrogen-bond acceptors (Lipinski definition) is 2. The van der Waals surface area contributed by atoms with Gasteiger partial charge < -0.3 is 5.32 Å². The monoisotopic (exact) mass is 334 g/mol. The summed E-state index contributed by atoms with van der Waals surface area (Å²) >= 11 is 9.56. The number of benzene rings is 2. The molecule has 0 bridgehead atoms. The molecule has 2 aromatic rings. The van der Waals surface area contributed by atoms with Crippen LogP contribution < -0.4 is 5.32 Å². The summed E-state index contributed by atoms with van der Waals surface area (Å²) in [6.07, 6.45) is 0. The van der Waals surface area contributed by atoms with Crippen LogP contribution in [-0.4, -0.2) is 0 Å². The fraction of sp³-hybridized carbons (Fsp3) is 0.133. The fourth-order valence-electron chi connectivity index (χ4n) is 1.85. The van der Waals surface area contributed by atoms with Crippen molar-refractivity contribution >= 4 is 33.2 Å². The van der Waals surface area contributed by atoms with E-state index in [1.54, 1.807) is 12.1 Å². The van der Waals surface area contributed by atoms with Gasteiger partial charge in [0.05, 0.1) is 10.6 Å². The van der Waals surface area contributed by atoms with Crippen LogP contribution >= 0.6 is 27.5 Å². The molecule has 0 aliphatic carbocycles. The predicted octanol–water partition coefficient (Wildman–Crippen LogP) is 5.15. The lowest BCUT2D eigenvalue weighted by Crippen LogP contribution is -2.07. The SMILES string of the molecule is CC(Nc1ccc(C#N)c(Cl)c1)c1ccccc1Br. The van der Waals surface area contributed by atoms with Crippen LogP contribution in [0.1, 0.15) is 24.1 Å². The maximum atomic E-state index is 8.84. The number of nitriles is 1. The average molecular weight is 336 g/mol. The van der Waals surface area contributed by atoms with Gasteiger partial charge in [-0.05, 0) is 36.8 Å². The van der Waals surface area contributed by atoms with Crippen LogP contribution in [0.4, 0.5) is 5.69 Å². The Labute approximate surface area is 126 Å². The van der Waals surface area contributed by atoms with Gasteiger partial charge in [-0.3, -0.25) is 0 Å². The Morgan fingerprint density at radius 3 is 2.63 bits per heavy atom. The Kier molecular flexibility index (Phi) is 4.47. The third-order valence-corrected chi connectivity index (χ3v) is 3.88. The van der Waals surface area contributed by atoms with Gasteiger partial charge in [-0.2, -0.15) is 5.26 Å². The quantitative estimate of drug-likeness (QED) is 0.842. The van der Waals surface area contributed by atoms with Gasteiger partial charge in [0.25, 0.3) is 0 Å². The van der Waals surface area contributed by atoms with Crippen molar-refractivity contribution in [1.82, 2.24) is 0 Å². The second-order valence-corrected chi connectivity index (χ2v) is 5.46. The van der Waals surface area contributed by atoms with E-state index >= 15 is 0 Å². The summed E-state index contributed by atoms with van der Waals surface area (Å²) in [7, 11) is 0. The Morgan fingerprint density at radius 2 is 2.00 bits per heavy atom. The molecule has 0 aliphatic rings. The molecule has 0 fully saturated rings. The number of nitrogens with zero attached hydrogens (tertiary/aromatic N) is 1. The molecule has 96 valence electrons. The largest absolute Gasteiger partial charge is 0.378 e. The molecule has 1 unspecified atom stereocenters. The van der Waals surface area contributed by atoms with E-state index in [0.717, 1.165) is 10.2 Å². The van der Waals surface area contributed by atoms with Crippen LogP contribution in [0.25, 0.3) is 0 Å². The lowest BCUT2D eigenvalue weighted by Gasteiger charge is -2.17. The first-order chi connectivity index (χ1) is 9.11. The van der Waals surface area contributed by atoms with Crippen LogP contribution in [0.5, 0.6) is 0 Å². The van der Waals surface area contributed by atoms with Crippen LogP contribution in [0, 0.1) is 11.3 Å². The topological polar surface area (TPSA) is 35.8 Å². The highest BCUT2D eigenvalue weighted by Gasteiger charge is 2.09. The zero-order valence-corrected chi connectivity index (χ0v) is 12.7. The van der Waals surface area contributed by atoms with E-state index in [4.69, 9.17) is 16.9 Å². The number of rotatable bonds is 3. The van der Waals surface area contributed by atoms with E-state index < -0.39 is 0 Å². The molecule has 2 aromatic carbocycles. The van der Waals surface area contributed by atoms with Crippen LogP contribution in [0.15, 0.2) is 46.9 Å². The molecule has 0 amide bonds. The van der Waals surface area contributed by atoms with E-state index in [2.05, 4.69) is 34.2 Å². The molecule has 1 atom stereocenters. The summed E-state index contributed by atoms with van der Waals surface area (Å²) in [4.78, 5) is 0. The number of anilines is 1. The highest BCUT2D eigenvalue weighted by molar-refractivity contribution is 9.10. The summed E-state index contributed by atoms with van der Waals surface area (Å²) in [5.74, 6) is 0. The normalized spacial score (nSPS) is 11.7. The summed E-state index contributed by atoms with van der Waals surface area (Å²) in [6, 6.07) is 15.6. The Hall–Kier alpha value is -1.50. The first kappa shape index (κ1) is 13.9. The first-order valence-corrected chi connectivity index (χ1v) is 6.99. The molecule has 0 radical (unpaired) electrons. The molecular formula is C15H12BrClN2. The van der Waals surface area contributed by atoms with E-state index in [9.17, 15) is 0 Å². The minimum atomic E-state index is 0.138. The summed E-state index contributed by atoms with van der Waals surface area (Å²) in [5.41, 5.74) is 2.55. The zero-order valence-electron chi connectivity index (χ0n) is 10.3. The van der Waals surface area contributed by atoms with Crippen LogP contribution in [0.3, 0.4) is 0 Å². The highest BCUT2D eigenvalue weighted by Crippen LogP contribution is 2.27. The van der Waals surface area contributed by atoms with Crippen molar-refractivity contribution in [3.8, 4) is 6.07 Å². The molecule has 0 saturated carbocycles. The highest BCUT2D eigenvalue weighted by atomic mass is 79.9. The fourth-order valence-corrected chi connectivity index (χ4v) is 2.70. The van der Waals surface area contributed by atoms with Gasteiger partial charge in [0.1, 0.15) is 6.07 Å². The van der Waals surface area contributed by atoms with Crippen molar-refractivity contribution in [3.05, 3.63) is 63.1 Å². The Bertz CT molecular complexity index is 634. The number of hydrogen-bond donors (Lipinski definition) is 1. The lowest BCUT2D eigenvalue weighted by atomic mass is 10.1. The predicted molar refractivity (Wildman–Crippen MR) is 82.3 cm³/mol. The molecule has 1 N–H and O–H groups in total. The Morgan fingerprint density at radius 1 is 1.26 bits per heavy atom. The van der Waals surface area contributed by atoms with E-state index in [1.165, 1.54) is 5.56 Å². The molecule has 4 heteroatoms. The van der Waals surface area contributed by atoms with Gasteiger partial charge >= 0.3 is 0 Å². The average Bonchev–Trinajstić information content (AvgIpc) is 2.39. The third-order valence-electron chi connectivity index (χ3n) is 2.84. The van der Waals surface area contributed by atoms with Gasteiger partial charge in [-0.25, -0.2) is 0 Å². The van der Waals surface area contributed by atoms with Gasteiger partial charge in [0.15, 0.2) is 0 Å². The third kappa shape index (κ3) is 3.28. The zero-order chi connectivity index (χ0) is 13.8. The molecular weight excluding hydrogens is 324 g/mol. The molecule has 2 rings (SSSR count). The van der Waals surface area contributed by atoms with E-state index in [0.29, 0.717) is 10.6 Å². The Balaban J connectivity index is 2.20. The van der Waals surface area contributed by atoms with Crippen molar-refractivity contribution in [2.24, 2.45) is 0 Å². The van der Waals surface area contributed by atoms with Gasteiger partial charge in [0.2, 0.25) is 0 Å². The number of nitrogens with one attached hydrogen (secondary N) is 1. The first-order valence-electron chi connectivity index (χ1n) is 5.82. The van der Waals surface area contributed by atoms with Crippen molar-refractivity contribution < 1.29 is 0 Å². The number of halogens is 2. The van der Waals surface area contributed by atoms with Crippen LogP contribution in [0.2, 0.25) is 5.02 Å². The second kappa shape index (κ2) is 6.10. The van der Waals surface area contributed by atoms with E-state index in [1.807, 2.05) is 30.3 Å². The molecule has 0 saturated heterocycles. The van der Waals surface area contributed by atoms with Gasteiger partial charge in [-0.1, -0.05) is 45.7 Å². The van der Waals surface area contributed by atoms with Gasteiger partial charge in [-0.15, -0.1) is 0 Å². The summed E-state index contributed by atoms with van der Waals surface area (Å²) in [5, 5.41) is 12.7. The molecule has 0 aromatic heterocycles. The van der Waals surface area contributed by atoms with Crippen molar-refractivity contribution in [3.63, 3.8) is 0 Å².